The molecule has 1 aromatic carbocycles. The molecule has 2 rings (SSSR count). The second-order valence-electron chi connectivity index (χ2n) is 5.15. The Morgan fingerprint density at radius 2 is 2.14 bits per heavy atom. The number of carbonyl (C=O) groups excluding carboxylic acids is 2. The Bertz CT molecular complexity index is 688. The molecule has 6 nitrogen and oxygen atoms in total. The molecule has 120 valence electrons. The minimum Gasteiger partial charge on any atom is -0.452 e. The molecular weight excluding hydrogens is 313 g/mol. The van der Waals surface area contributed by atoms with Crippen molar-refractivity contribution in [2.24, 2.45) is 0 Å². The quantitative estimate of drug-likeness (QED) is 0.757. The van der Waals surface area contributed by atoms with Crippen LogP contribution in [0.1, 0.15) is 16.8 Å². The number of sulfone groups is 1. The average molecular weight is 329 g/mol. The van der Waals surface area contributed by atoms with Crippen LogP contribution in [0.3, 0.4) is 0 Å². The molecule has 1 atom stereocenters. The molecule has 8 heteroatoms. The maximum absolute atomic E-state index is 13.0. The van der Waals surface area contributed by atoms with E-state index in [0.29, 0.717) is 6.42 Å². The normalized spacial score (nSPS) is 19.6. The molecule has 1 saturated heterocycles. The molecule has 1 amide bonds. The first-order chi connectivity index (χ1) is 10.3. The summed E-state index contributed by atoms with van der Waals surface area (Å²) in [5, 5.41) is 0. The van der Waals surface area contributed by atoms with Gasteiger partial charge in [0, 0.05) is 13.1 Å². The number of benzene rings is 1. The van der Waals surface area contributed by atoms with Crippen LogP contribution in [0.15, 0.2) is 24.3 Å². The first-order valence-electron chi connectivity index (χ1n) is 6.67. The third-order valence-electron chi connectivity index (χ3n) is 3.54. The van der Waals surface area contributed by atoms with Crippen LogP contribution in [0, 0.1) is 5.82 Å². The van der Waals surface area contributed by atoms with Crippen molar-refractivity contribution in [3.63, 3.8) is 0 Å². The molecule has 1 aromatic rings. The van der Waals surface area contributed by atoms with Crippen LogP contribution >= 0.6 is 0 Å². The number of nitrogens with zero attached hydrogens (tertiary/aromatic N) is 1. The third kappa shape index (κ3) is 4.03. The van der Waals surface area contributed by atoms with Crippen LogP contribution in [0.5, 0.6) is 0 Å². The topological polar surface area (TPSA) is 80.8 Å². The molecule has 0 N–H and O–H groups in total. The third-order valence-corrected chi connectivity index (χ3v) is 5.29. The SMILES string of the molecule is CN(C(=O)COC(=O)c1cccc(F)c1)[C@@H]1CCS(=O)(=O)C1. The standard InChI is InChI=1S/C14H16FNO5S/c1-16(12-5-6-22(19,20)9-12)13(17)8-21-14(18)10-3-2-4-11(15)7-10/h2-4,7,12H,5-6,8-9H2,1H3/t12-/m1/s1. The van der Waals surface area contributed by atoms with Crippen molar-refractivity contribution in [1.82, 2.24) is 4.90 Å². The van der Waals surface area contributed by atoms with Crippen LogP contribution in [-0.4, -0.2) is 56.4 Å². The second kappa shape index (κ2) is 6.43. The van der Waals surface area contributed by atoms with E-state index >= 15 is 0 Å². The molecule has 0 spiro atoms. The van der Waals surface area contributed by atoms with Gasteiger partial charge in [-0.25, -0.2) is 17.6 Å². The lowest BCUT2D eigenvalue weighted by Gasteiger charge is -2.23. The highest BCUT2D eigenvalue weighted by Crippen LogP contribution is 2.16. The molecule has 1 fully saturated rings. The highest BCUT2D eigenvalue weighted by Gasteiger charge is 2.32. The van der Waals surface area contributed by atoms with Crippen LogP contribution in [0.25, 0.3) is 0 Å². The Kier molecular flexibility index (Phi) is 4.80. The zero-order chi connectivity index (χ0) is 16.3. The number of hydrogen-bond donors (Lipinski definition) is 0. The lowest BCUT2D eigenvalue weighted by atomic mass is 10.2. The first kappa shape index (κ1) is 16.4. The van der Waals surface area contributed by atoms with Crippen molar-refractivity contribution in [1.29, 1.82) is 0 Å². The summed E-state index contributed by atoms with van der Waals surface area (Å²) in [6.07, 6.45) is 0.377. The summed E-state index contributed by atoms with van der Waals surface area (Å²) in [6.45, 7) is -0.512. The van der Waals surface area contributed by atoms with E-state index in [0.717, 1.165) is 6.07 Å². The predicted molar refractivity (Wildman–Crippen MR) is 76.5 cm³/mol. The average Bonchev–Trinajstić information content (AvgIpc) is 2.83. The van der Waals surface area contributed by atoms with Crippen molar-refractivity contribution in [3.05, 3.63) is 35.6 Å². The van der Waals surface area contributed by atoms with Crippen LogP contribution < -0.4 is 0 Å². The van der Waals surface area contributed by atoms with Crippen molar-refractivity contribution < 1.29 is 27.1 Å². The fraction of sp³-hybridized carbons (Fsp3) is 0.429. The fourth-order valence-corrected chi connectivity index (χ4v) is 3.99. The molecular formula is C14H16FNO5S. The molecule has 0 saturated carbocycles. The largest absolute Gasteiger partial charge is 0.452 e. The van der Waals surface area contributed by atoms with E-state index < -0.39 is 40.2 Å². The number of halogens is 1. The highest BCUT2D eigenvalue weighted by atomic mass is 32.2. The first-order valence-corrected chi connectivity index (χ1v) is 8.49. The van der Waals surface area contributed by atoms with E-state index in [9.17, 15) is 22.4 Å². The van der Waals surface area contributed by atoms with Gasteiger partial charge >= 0.3 is 5.97 Å². The van der Waals surface area contributed by atoms with Gasteiger partial charge in [0.05, 0.1) is 17.1 Å². The van der Waals surface area contributed by atoms with E-state index in [1.165, 1.54) is 30.1 Å². The zero-order valence-corrected chi connectivity index (χ0v) is 12.8. The molecule has 0 unspecified atom stereocenters. The molecule has 1 aliphatic rings. The van der Waals surface area contributed by atoms with Gasteiger partial charge in [0.1, 0.15) is 5.82 Å². The van der Waals surface area contributed by atoms with Gasteiger partial charge in [0.15, 0.2) is 16.4 Å². The van der Waals surface area contributed by atoms with Gasteiger partial charge in [0.2, 0.25) is 0 Å². The van der Waals surface area contributed by atoms with Crippen molar-refractivity contribution in [2.45, 2.75) is 12.5 Å². The van der Waals surface area contributed by atoms with E-state index in [2.05, 4.69) is 0 Å². The van der Waals surface area contributed by atoms with Crippen LogP contribution in [0.2, 0.25) is 0 Å². The predicted octanol–water partition coefficient (Wildman–Crippen LogP) is 0.628. The lowest BCUT2D eigenvalue weighted by molar-refractivity contribution is -0.134. The van der Waals surface area contributed by atoms with Gasteiger partial charge in [-0.15, -0.1) is 0 Å². The minimum atomic E-state index is -3.10. The summed E-state index contributed by atoms with van der Waals surface area (Å²) in [5.41, 5.74) is 0.0129. The van der Waals surface area contributed by atoms with E-state index in [4.69, 9.17) is 4.74 Å². The summed E-state index contributed by atoms with van der Waals surface area (Å²) in [5.74, 6) is -1.90. The number of esters is 1. The number of amides is 1. The van der Waals surface area contributed by atoms with Crippen molar-refractivity contribution in [3.8, 4) is 0 Å². The van der Waals surface area contributed by atoms with Gasteiger partial charge in [-0.05, 0) is 24.6 Å². The fourth-order valence-electron chi connectivity index (χ4n) is 2.21. The maximum atomic E-state index is 13.0. The Balaban J connectivity index is 1.88. The van der Waals surface area contributed by atoms with Gasteiger partial charge < -0.3 is 9.64 Å². The monoisotopic (exact) mass is 329 g/mol. The Labute approximate surface area is 127 Å². The summed E-state index contributed by atoms with van der Waals surface area (Å²) in [6, 6.07) is 4.55. The smallest absolute Gasteiger partial charge is 0.338 e. The van der Waals surface area contributed by atoms with E-state index in [-0.39, 0.29) is 17.1 Å². The molecule has 22 heavy (non-hydrogen) atoms. The number of hydrogen-bond acceptors (Lipinski definition) is 5. The van der Waals surface area contributed by atoms with E-state index in [1.54, 1.807) is 0 Å². The van der Waals surface area contributed by atoms with E-state index in [1.807, 2.05) is 0 Å². The van der Waals surface area contributed by atoms with Gasteiger partial charge in [0.25, 0.3) is 5.91 Å². The Hall–Kier alpha value is -1.96. The Morgan fingerprint density at radius 1 is 1.41 bits per heavy atom. The van der Waals surface area contributed by atoms with Gasteiger partial charge in [-0.3, -0.25) is 4.79 Å². The summed E-state index contributed by atoms with van der Waals surface area (Å²) in [4.78, 5) is 24.9. The van der Waals surface area contributed by atoms with Crippen LogP contribution in [0.4, 0.5) is 4.39 Å². The van der Waals surface area contributed by atoms with Crippen molar-refractivity contribution >= 4 is 21.7 Å². The molecule has 0 radical (unpaired) electrons. The molecule has 0 aromatic heterocycles. The Morgan fingerprint density at radius 3 is 2.73 bits per heavy atom. The second-order valence-corrected chi connectivity index (χ2v) is 7.38. The van der Waals surface area contributed by atoms with Gasteiger partial charge in [-0.2, -0.15) is 0 Å². The van der Waals surface area contributed by atoms with Crippen LogP contribution in [-0.2, 0) is 19.4 Å². The number of rotatable bonds is 4. The highest BCUT2D eigenvalue weighted by molar-refractivity contribution is 7.91. The number of ether oxygens (including phenoxy) is 1. The minimum absolute atomic E-state index is 0.0129. The number of carbonyl (C=O) groups is 2. The molecule has 0 aliphatic carbocycles. The summed E-state index contributed by atoms with van der Waals surface area (Å²) in [7, 11) is -1.62. The summed E-state index contributed by atoms with van der Waals surface area (Å²) < 4.78 is 40.6. The number of likely N-dealkylation sites (N-methyl/N-ethyl adjacent to an activating group) is 1. The molecule has 1 aliphatic heterocycles. The lowest BCUT2D eigenvalue weighted by Crippen LogP contribution is -2.40. The maximum Gasteiger partial charge on any atom is 0.338 e. The zero-order valence-electron chi connectivity index (χ0n) is 12.0. The molecule has 0 bridgehead atoms. The van der Waals surface area contributed by atoms with Gasteiger partial charge in [-0.1, -0.05) is 6.07 Å². The van der Waals surface area contributed by atoms with Crippen molar-refractivity contribution in [2.75, 3.05) is 25.2 Å². The molecule has 1 heterocycles. The summed E-state index contributed by atoms with van der Waals surface area (Å²) >= 11 is 0.